The second-order valence-corrected chi connectivity index (χ2v) is 5.29. The van der Waals surface area contributed by atoms with Crippen molar-refractivity contribution in [3.8, 4) is 12.1 Å². The van der Waals surface area contributed by atoms with E-state index in [1.807, 2.05) is 13.0 Å². The predicted molar refractivity (Wildman–Crippen MR) is 67.7 cm³/mol. The standard InChI is InChI=1S/C11H15Cl3N2/c1-3-4-8(6-16)10(13)11(14)9(12)7(2)5-15/h7-11H,3-4H2,1-2H3. The van der Waals surface area contributed by atoms with E-state index in [1.165, 1.54) is 0 Å². The monoisotopic (exact) mass is 280 g/mol. The molecule has 0 aliphatic carbocycles. The molecule has 0 heterocycles. The molecule has 0 saturated carbocycles. The summed E-state index contributed by atoms with van der Waals surface area (Å²) in [7, 11) is 0. The highest BCUT2D eigenvalue weighted by Gasteiger charge is 2.33. The van der Waals surface area contributed by atoms with Crippen LogP contribution in [-0.2, 0) is 0 Å². The van der Waals surface area contributed by atoms with Gasteiger partial charge in [0.2, 0.25) is 0 Å². The zero-order valence-corrected chi connectivity index (χ0v) is 11.6. The zero-order valence-electron chi connectivity index (χ0n) is 9.33. The third-order valence-corrected chi connectivity index (χ3v) is 4.47. The van der Waals surface area contributed by atoms with Gasteiger partial charge in [-0.05, 0) is 13.3 Å². The van der Waals surface area contributed by atoms with Crippen molar-refractivity contribution in [2.45, 2.75) is 42.8 Å². The minimum atomic E-state index is -0.575. The van der Waals surface area contributed by atoms with Gasteiger partial charge in [-0.2, -0.15) is 10.5 Å². The molecule has 0 aromatic carbocycles. The van der Waals surface area contributed by atoms with Gasteiger partial charge in [0.1, 0.15) is 0 Å². The Morgan fingerprint density at radius 1 is 1.00 bits per heavy atom. The first kappa shape index (κ1) is 15.9. The molecule has 0 bridgehead atoms. The number of alkyl halides is 3. The molecule has 0 amide bonds. The molecule has 0 rings (SSSR count). The van der Waals surface area contributed by atoms with Gasteiger partial charge in [0.25, 0.3) is 0 Å². The number of halogens is 3. The van der Waals surface area contributed by atoms with Gasteiger partial charge in [0.15, 0.2) is 0 Å². The van der Waals surface area contributed by atoms with E-state index in [-0.39, 0.29) is 11.8 Å². The maximum Gasteiger partial charge on any atom is 0.0688 e. The summed E-state index contributed by atoms with van der Waals surface area (Å²) in [6.07, 6.45) is 1.56. The molecule has 0 aromatic rings. The first-order valence-corrected chi connectivity index (χ1v) is 6.51. The smallest absolute Gasteiger partial charge is 0.0688 e. The Bertz CT molecular complexity index is 282. The molecule has 0 aliphatic heterocycles. The lowest BCUT2D eigenvalue weighted by molar-refractivity contribution is 0.507. The van der Waals surface area contributed by atoms with Gasteiger partial charge in [-0.25, -0.2) is 0 Å². The molecule has 0 N–H and O–H groups in total. The van der Waals surface area contributed by atoms with E-state index < -0.39 is 16.1 Å². The van der Waals surface area contributed by atoms with Crippen molar-refractivity contribution in [3.05, 3.63) is 0 Å². The number of nitrogens with zero attached hydrogens (tertiary/aromatic N) is 2. The van der Waals surface area contributed by atoms with Crippen molar-refractivity contribution in [3.63, 3.8) is 0 Å². The van der Waals surface area contributed by atoms with Crippen molar-refractivity contribution in [2.75, 3.05) is 0 Å². The molecule has 5 atom stereocenters. The topological polar surface area (TPSA) is 47.6 Å². The van der Waals surface area contributed by atoms with E-state index >= 15 is 0 Å². The summed E-state index contributed by atoms with van der Waals surface area (Å²) in [5.74, 6) is -0.701. The summed E-state index contributed by atoms with van der Waals surface area (Å²) in [6, 6.07) is 4.17. The summed E-state index contributed by atoms with van der Waals surface area (Å²) in [5.41, 5.74) is 0. The van der Waals surface area contributed by atoms with Gasteiger partial charge in [0, 0.05) is 0 Å². The van der Waals surface area contributed by atoms with Crippen molar-refractivity contribution in [1.29, 1.82) is 10.5 Å². The lowest BCUT2D eigenvalue weighted by Gasteiger charge is -2.25. The van der Waals surface area contributed by atoms with Gasteiger partial charge >= 0.3 is 0 Å². The highest BCUT2D eigenvalue weighted by Crippen LogP contribution is 2.30. The Morgan fingerprint density at radius 2 is 1.56 bits per heavy atom. The predicted octanol–water partition coefficient (Wildman–Crippen LogP) is 3.91. The molecule has 5 unspecified atom stereocenters. The molecule has 5 heteroatoms. The minimum Gasteiger partial charge on any atom is -0.198 e. The van der Waals surface area contributed by atoms with Gasteiger partial charge in [-0.15, -0.1) is 34.8 Å². The highest BCUT2D eigenvalue weighted by atomic mass is 35.5. The lowest BCUT2D eigenvalue weighted by atomic mass is 9.94. The molecule has 0 fully saturated rings. The Balaban J connectivity index is 4.54. The second kappa shape index (κ2) is 8.02. The van der Waals surface area contributed by atoms with Crippen LogP contribution in [0.15, 0.2) is 0 Å². The Morgan fingerprint density at radius 3 is 1.94 bits per heavy atom. The Kier molecular flexibility index (Phi) is 7.94. The molecule has 16 heavy (non-hydrogen) atoms. The van der Waals surface area contributed by atoms with E-state index in [0.717, 1.165) is 6.42 Å². The fourth-order valence-electron chi connectivity index (χ4n) is 1.35. The van der Waals surface area contributed by atoms with Crippen LogP contribution in [0.1, 0.15) is 26.7 Å². The third kappa shape index (κ3) is 4.38. The highest BCUT2D eigenvalue weighted by molar-refractivity contribution is 6.35. The van der Waals surface area contributed by atoms with Crippen LogP contribution in [0.2, 0.25) is 0 Å². The van der Waals surface area contributed by atoms with Crippen LogP contribution >= 0.6 is 34.8 Å². The van der Waals surface area contributed by atoms with E-state index in [2.05, 4.69) is 6.07 Å². The molecular weight excluding hydrogens is 266 g/mol. The SMILES string of the molecule is CCCC(C#N)C(Cl)C(Cl)C(Cl)C(C)C#N. The fourth-order valence-corrected chi connectivity index (χ4v) is 2.37. The molecular formula is C11H15Cl3N2. The van der Waals surface area contributed by atoms with Gasteiger partial charge in [-0.1, -0.05) is 13.3 Å². The quantitative estimate of drug-likeness (QED) is 0.693. The first-order chi connectivity index (χ1) is 7.49. The number of hydrogen-bond donors (Lipinski definition) is 0. The molecule has 0 spiro atoms. The van der Waals surface area contributed by atoms with Gasteiger partial charge in [-0.3, -0.25) is 0 Å². The molecule has 0 aromatic heterocycles. The van der Waals surface area contributed by atoms with E-state index in [0.29, 0.717) is 6.42 Å². The Hall–Kier alpha value is -0.150. The summed E-state index contributed by atoms with van der Waals surface area (Å²) in [6.45, 7) is 3.67. The van der Waals surface area contributed by atoms with E-state index in [9.17, 15) is 0 Å². The maximum absolute atomic E-state index is 8.95. The average Bonchev–Trinajstić information content (AvgIpc) is 2.32. The Labute approximate surface area is 112 Å². The van der Waals surface area contributed by atoms with E-state index in [4.69, 9.17) is 45.3 Å². The van der Waals surface area contributed by atoms with Crippen LogP contribution in [-0.4, -0.2) is 16.1 Å². The average molecular weight is 282 g/mol. The van der Waals surface area contributed by atoms with Crippen LogP contribution in [0.4, 0.5) is 0 Å². The maximum atomic E-state index is 8.95. The largest absolute Gasteiger partial charge is 0.198 e. The molecule has 90 valence electrons. The normalized spacial score (nSPS) is 19.9. The third-order valence-electron chi connectivity index (χ3n) is 2.44. The van der Waals surface area contributed by atoms with Crippen LogP contribution in [0, 0.1) is 34.5 Å². The van der Waals surface area contributed by atoms with E-state index in [1.54, 1.807) is 6.92 Å². The molecule has 0 saturated heterocycles. The first-order valence-electron chi connectivity index (χ1n) is 5.21. The fraction of sp³-hybridized carbons (Fsp3) is 0.818. The van der Waals surface area contributed by atoms with Crippen molar-refractivity contribution < 1.29 is 0 Å². The van der Waals surface area contributed by atoms with Crippen LogP contribution in [0.3, 0.4) is 0 Å². The minimum absolute atomic E-state index is 0.318. The van der Waals surface area contributed by atoms with Crippen molar-refractivity contribution in [2.24, 2.45) is 11.8 Å². The van der Waals surface area contributed by atoms with Gasteiger partial charge in [0.05, 0.1) is 40.1 Å². The number of hydrogen-bond acceptors (Lipinski definition) is 2. The summed E-state index contributed by atoms with van der Waals surface area (Å²) >= 11 is 18.3. The van der Waals surface area contributed by atoms with Crippen molar-refractivity contribution >= 4 is 34.8 Å². The number of rotatable bonds is 6. The summed E-state index contributed by atoms with van der Waals surface area (Å²) < 4.78 is 0. The van der Waals surface area contributed by atoms with Crippen molar-refractivity contribution in [1.82, 2.24) is 0 Å². The summed E-state index contributed by atoms with van der Waals surface area (Å²) in [4.78, 5) is 0. The van der Waals surface area contributed by atoms with Crippen LogP contribution in [0.5, 0.6) is 0 Å². The number of nitriles is 2. The van der Waals surface area contributed by atoms with Crippen LogP contribution < -0.4 is 0 Å². The molecule has 0 radical (unpaired) electrons. The molecule has 0 aliphatic rings. The summed E-state index contributed by atoms with van der Waals surface area (Å²) in [5, 5.41) is 16.0. The zero-order chi connectivity index (χ0) is 12.7. The molecule has 2 nitrogen and oxygen atoms in total. The van der Waals surface area contributed by atoms with Gasteiger partial charge < -0.3 is 0 Å². The second-order valence-electron chi connectivity index (χ2n) is 3.78. The van der Waals surface area contributed by atoms with Crippen LogP contribution in [0.25, 0.3) is 0 Å². The lowest BCUT2D eigenvalue weighted by Crippen LogP contribution is -2.34.